The van der Waals surface area contributed by atoms with Gasteiger partial charge in [0.15, 0.2) is 0 Å². The van der Waals surface area contributed by atoms with Crippen LogP contribution in [0.1, 0.15) is 0 Å². The van der Waals surface area contributed by atoms with Crippen molar-refractivity contribution in [3.63, 3.8) is 0 Å². The molecule has 0 fully saturated rings. The SMILES string of the molecule is Br.NCCS. The zero-order chi connectivity index (χ0) is 3.41. The normalized spacial score (nSPS) is 6.00. The van der Waals surface area contributed by atoms with E-state index in [2.05, 4.69) is 12.6 Å². The van der Waals surface area contributed by atoms with E-state index < -0.39 is 0 Å². The Morgan fingerprint density at radius 1 is 1.60 bits per heavy atom. The summed E-state index contributed by atoms with van der Waals surface area (Å²) in [5.41, 5.74) is 4.95. The minimum absolute atomic E-state index is 0. The molecule has 5 heavy (non-hydrogen) atoms. The molecular weight excluding hydrogens is 150 g/mol. The first-order chi connectivity index (χ1) is 1.91. The van der Waals surface area contributed by atoms with Crippen molar-refractivity contribution in [2.45, 2.75) is 0 Å². The molecule has 0 rings (SSSR count). The van der Waals surface area contributed by atoms with Crippen molar-refractivity contribution < 1.29 is 0 Å². The van der Waals surface area contributed by atoms with Gasteiger partial charge < -0.3 is 5.73 Å². The van der Waals surface area contributed by atoms with Gasteiger partial charge in [0, 0.05) is 12.3 Å². The molecule has 0 bridgehead atoms. The third-order valence-electron chi connectivity index (χ3n) is 0.129. The monoisotopic (exact) mass is 157 g/mol. The molecule has 0 radical (unpaired) electrons. The average molecular weight is 158 g/mol. The Labute approximate surface area is 48.1 Å². The topological polar surface area (TPSA) is 26.0 Å². The van der Waals surface area contributed by atoms with Crippen molar-refractivity contribution in [3.8, 4) is 0 Å². The lowest BCUT2D eigenvalue weighted by molar-refractivity contribution is 1.16. The Hall–Kier alpha value is 0.790. The Bertz CT molecular complexity index is 11.6. The molecule has 3 heteroatoms. The highest BCUT2D eigenvalue weighted by Gasteiger charge is 1.56. The van der Waals surface area contributed by atoms with Gasteiger partial charge in [-0.2, -0.15) is 12.6 Å². The predicted molar refractivity (Wildman–Crippen MR) is 33.2 cm³/mol. The van der Waals surface area contributed by atoms with Gasteiger partial charge in [0.1, 0.15) is 0 Å². The first-order valence-electron chi connectivity index (χ1n) is 1.22. The van der Waals surface area contributed by atoms with Crippen LogP contribution in [0.3, 0.4) is 0 Å². The van der Waals surface area contributed by atoms with E-state index >= 15 is 0 Å². The summed E-state index contributed by atoms with van der Waals surface area (Å²) in [5.74, 6) is 0.792. The second-order valence-corrected chi connectivity index (χ2v) is 0.959. The number of hydrogen-bond acceptors (Lipinski definition) is 2. The van der Waals surface area contributed by atoms with Crippen molar-refractivity contribution in [1.29, 1.82) is 0 Å². The Morgan fingerprint density at radius 3 is 1.80 bits per heavy atom. The smallest absolute Gasteiger partial charge is 0.00255 e. The van der Waals surface area contributed by atoms with Crippen LogP contribution in [0.5, 0.6) is 0 Å². The molecule has 0 saturated carbocycles. The van der Waals surface area contributed by atoms with Gasteiger partial charge in [-0.3, -0.25) is 0 Å². The van der Waals surface area contributed by atoms with Gasteiger partial charge in [0.25, 0.3) is 0 Å². The second-order valence-electron chi connectivity index (χ2n) is 0.512. The maximum atomic E-state index is 4.95. The van der Waals surface area contributed by atoms with E-state index in [9.17, 15) is 0 Å². The number of thiol groups is 1. The van der Waals surface area contributed by atoms with Crippen LogP contribution in [0.4, 0.5) is 0 Å². The van der Waals surface area contributed by atoms with E-state index in [0.717, 1.165) is 5.75 Å². The highest BCUT2D eigenvalue weighted by atomic mass is 79.9. The summed E-state index contributed by atoms with van der Waals surface area (Å²) >= 11 is 3.80. The fourth-order valence-electron chi connectivity index (χ4n) is 0. The van der Waals surface area contributed by atoms with Crippen LogP contribution < -0.4 is 5.73 Å². The van der Waals surface area contributed by atoms with Gasteiger partial charge >= 0.3 is 0 Å². The predicted octanol–water partition coefficient (Wildman–Crippen LogP) is 0.453. The molecule has 0 atom stereocenters. The van der Waals surface area contributed by atoms with Gasteiger partial charge in [-0.25, -0.2) is 0 Å². The summed E-state index contributed by atoms with van der Waals surface area (Å²) in [7, 11) is 0. The molecule has 2 N–H and O–H groups in total. The molecule has 1 nitrogen and oxygen atoms in total. The standard InChI is InChI=1S/C2H7NS.BrH/c3-1-2-4;/h4H,1-3H2;1H. The van der Waals surface area contributed by atoms with Crippen LogP contribution in [-0.4, -0.2) is 12.3 Å². The maximum Gasteiger partial charge on any atom is 0.00255 e. The van der Waals surface area contributed by atoms with E-state index in [1.54, 1.807) is 0 Å². The van der Waals surface area contributed by atoms with E-state index in [1.807, 2.05) is 0 Å². The van der Waals surface area contributed by atoms with Crippen LogP contribution in [-0.2, 0) is 0 Å². The molecular formula is C2H8BrNS. The molecule has 0 aliphatic heterocycles. The van der Waals surface area contributed by atoms with Crippen LogP contribution in [0, 0.1) is 0 Å². The summed E-state index contributed by atoms with van der Waals surface area (Å²) in [5, 5.41) is 0. The van der Waals surface area contributed by atoms with Crippen molar-refractivity contribution in [2.75, 3.05) is 12.3 Å². The molecule has 0 unspecified atom stereocenters. The van der Waals surface area contributed by atoms with Gasteiger partial charge in [-0.1, -0.05) is 0 Å². The van der Waals surface area contributed by atoms with Gasteiger partial charge in [-0.15, -0.1) is 17.0 Å². The van der Waals surface area contributed by atoms with Gasteiger partial charge in [-0.05, 0) is 0 Å². The van der Waals surface area contributed by atoms with Crippen LogP contribution >= 0.6 is 29.6 Å². The van der Waals surface area contributed by atoms with Crippen LogP contribution in [0.2, 0.25) is 0 Å². The highest BCUT2D eigenvalue weighted by molar-refractivity contribution is 8.93. The molecule has 34 valence electrons. The summed E-state index contributed by atoms with van der Waals surface area (Å²) in [6.07, 6.45) is 0. The summed E-state index contributed by atoms with van der Waals surface area (Å²) in [6.45, 7) is 0.684. The average Bonchev–Trinajstić information content (AvgIpc) is 1.37. The molecule has 0 aromatic carbocycles. The summed E-state index contributed by atoms with van der Waals surface area (Å²) < 4.78 is 0. The fraction of sp³-hybridized carbons (Fsp3) is 1.00. The molecule has 0 heterocycles. The number of rotatable bonds is 1. The lowest BCUT2D eigenvalue weighted by Gasteiger charge is -1.69. The third-order valence-corrected chi connectivity index (χ3v) is 0.387. The quantitative estimate of drug-likeness (QED) is 0.532. The van der Waals surface area contributed by atoms with E-state index in [4.69, 9.17) is 5.73 Å². The second kappa shape index (κ2) is 8.84. The molecule has 0 aliphatic carbocycles. The third kappa shape index (κ3) is 11.6. The van der Waals surface area contributed by atoms with Gasteiger partial charge in [0.05, 0.1) is 0 Å². The molecule has 0 spiro atoms. The lowest BCUT2D eigenvalue weighted by atomic mass is 10.8. The van der Waals surface area contributed by atoms with E-state index in [1.165, 1.54) is 0 Å². The number of halogens is 1. The number of hydrogen-bond donors (Lipinski definition) is 2. The van der Waals surface area contributed by atoms with Crippen molar-refractivity contribution >= 4 is 29.6 Å². The molecule has 0 aromatic heterocycles. The Kier molecular flexibility index (Phi) is 16.3. The van der Waals surface area contributed by atoms with Crippen molar-refractivity contribution in [1.82, 2.24) is 0 Å². The van der Waals surface area contributed by atoms with Crippen LogP contribution in [0.15, 0.2) is 0 Å². The maximum absolute atomic E-state index is 4.95. The minimum Gasteiger partial charge on any atom is -0.330 e. The van der Waals surface area contributed by atoms with Crippen LogP contribution in [0.25, 0.3) is 0 Å². The van der Waals surface area contributed by atoms with Gasteiger partial charge in [0.2, 0.25) is 0 Å². The Morgan fingerprint density at radius 2 is 1.80 bits per heavy atom. The van der Waals surface area contributed by atoms with E-state index in [0.29, 0.717) is 6.54 Å². The zero-order valence-electron chi connectivity index (χ0n) is 2.85. The molecule has 0 amide bonds. The summed E-state index contributed by atoms with van der Waals surface area (Å²) in [6, 6.07) is 0. The molecule has 0 aliphatic rings. The van der Waals surface area contributed by atoms with Crippen molar-refractivity contribution in [3.05, 3.63) is 0 Å². The lowest BCUT2D eigenvalue weighted by Crippen LogP contribution is -1.97. The zero-order valence-corrected chi connectivity index (χ0v) is 5.45. The molecule has 0 saturated heterocycles. The van der Waals surface area contributed by atoms with Crippen molar-refractivity contribution in [2.24, 2.45) is 5.73 Å². The van der Waals surface area contributed by atoms with E-state index in [-0.39, 0.29) is 17.0 Å². The Balaban J connectivity index is 0. The first-order valence-corrected chi connectivity index (χ1v) is 1.86. The number of nitrogens with two attached hydrogens (primary N) is 1. The highest BCUT2D eigenvalue weighted by Crippen LogP contribution is 1.58. The fourth-order valence-corrected chi connectivity index (χ4v) is 0. The first kappa shape index (κ1) is 9.25. The summed E-state index contributed by atoms with van der Waals surface area (Å²) in [4.78, 5) is 0. The largest absolute Gasteiger partial charge is 0.330 e. The molecule has 0 aromatic rings. The minimum atomic E-state index is 0.